The molecule has 1 aromatic rings. The van der Waals surface area contributed by atoms with Crippen LogP contribution in [0.2, 0.25) is 0 Å². The molecule has 1 amide bonds. The number of hydrogen-bond acceptors (Lipinski definition) is 9. The Hall–Kier alpha value is -1.30. The van der Waals surface area contributed by atoms with Crippen LogP contribution >= 0.6 is 0 Å². The molecule has 0 saturated carbocycles. The second-order valence-electron chi connectivity index (χ2n) is 9.33. The largest absolute Gasteiger partial charge is 1.00 e. The molecule has 0 aromatic carbocycles. The zero-order valence-corrected chi connectivity index (χ0v) is 28.7. The van der Waals surface area contributed by atoms with Crippen molar-refractivity contribution in [3.8, 4) is 0 Å². The van der Waals surface area contributed by atoms with Gasteiger partial charge in [0.05, 0.1) is 24.1 Å². The van der Waals surface area contributed by atoms with Gasteiger partial charge in [-0.25, -0.2) is 4.79 Å². The summed E-state index contributed by atoms with van der Waals surface area (Å²) in [4.78, 5) is 26.4. The van der Waals surface area contributed by atoms with E-state index in [0.717, 1.165) is 50.8 Å². The van der Waals surface area contributed by atoms with Gasteiger partial charge in [-0.05, 0) is 54.0 Å². The summed E-state index contributed by atoms with van der Waals surface area (Å²) in [5.41, 5.74) is 8.21. The van der Waals surface area contributed by atoms with Crippen molar-refractivity contribution in [3.63, 3.8) is 0 Å². The number of aliphatic imine (C=N–C) groups is 1. The number of halogens is 3. The van der Waals surface area contributed by atoms with Crippen LogP contribution in [0.4, 0.5) is 18.0 Å². The first-order valence-corrected chi connectivity index (χ1v) is 12.5. The molecule has 3 heterocycles. The number of ether oxygens (including phenoxy) is 4. The minimum absolute atomic E-state index is 0. The third-order valence-electron chi connectivity index (χ3n) is 4.45. The Labute approximate surface area is 282 Å². The molecule has 3 atom stereocenters. The van der Waals surface area contributed by atoms with Crippen molar-refractivity contribution >= 4 is 12.3 Å². The van der Waals surface area contributed by atoms with Crippen molar-refractivity contribution in [1.82, 2.24) is 4.98 Å². The fourth-order valence-corrected chi connectivity index (χ4v) is 3.02. The number of hydrogen-bond donors (Lipinski definition) is 3. The average molecular weight is 621 g/mol. The molecule has 15 heteroatoms. The van der Waals surface area contributed by atoms with E-state index in [0.29, 0.717) is 0 Å². The van der Waals surface area contributed by atoms with Gasteiger partial charge in [0.15, 0.2) is 5.79 Å². The van der Waals surface area contributed by atoms with E-state index in [1.165, 1.54) is 0 Å². The Balaban J connectivity index is -0.000000492. The van der Waals surface area contributed by atoms with Crippen molar-refractivity contribution in [3.05, 3.63) is 46.1 Å². The summed E-state index contributed by atoms with van der Waals surface area (Å²) in [5, 5.41) is 8.25. The molecule has 11 nitrogen and oxygen atoms in total. The smallest absolute Gasteiger partial charge is 0.857 e. The van der Waals surface area contributed by atoms with Crippen LogP contribution in [-0.4, -0.2) is 60.7 Å². The van der Waals surface area contributed by atoms with Crippen LogP contribution in [0.25, 0.3) is 0 Å². The minimum atomic E-state index is -4.47. The average Bonchev–Trinajstić information content (AvgIpc) is 3.19. The van der Waals surface area contributed by atoms with Crippen LogP contribution in [0.5, 0.6) is 0 Å². The standard InChI is InChI=1S/C9H16O3.C8H15N3O2.C6H4F3NO.C2H6.CH3O.K/c1-6-8-7(4-5-10-6)11-9(2,3)12-8;1-8(2,3)13-7(12)11-5-6(10)4-9;7-6(8,9)4-2-1-3-5(11)10-4;2*1-2;/h6-8H,4-5H2,1-3H3;4-5H,9-10H2,1-3H3;1-3H,(H,10,11);1-2H3;1H3;/q;;;;-1;+1/b;6-4+,11-5+;;;;. The second-order valence-corrected chi connectivity index (χ2v) is 9.33. The molecule has 0 radical (unpaired) electrons. The maximum Gasteiger partial charge on any atom is 1.00 e. The first kappa shape index (κ1) is 44.1. The van der Waals surface area contributed by atoms with Gasteiger partial charge in [-0.15, -0.1) is 0 Å². The Bertz CT molecular complexity index is 981. The molecule has 41 heavy (non-hydrogen) atoms. The van der Waals surface area contributed by atoms with E-state index in [4.69, 9.17) is 35.5 Å². The summed E-state index contributed by atoms with van der Waals surface area (Å²) in [6.45, 7) is 16.0. The Kier molecular flexibility index (Phi) is 23.0. The minimum Gasteiger partial charge on any atom is -0.857 e. The predicted octanol–water partition coefficient (Wildman–Crippen LogP) is 0.467. The number of fused-ring (bicyclic) bond motifs is 1. The molecule has 0 bridgehead atoms. The van der Waals surface area contributed by atoms with Gasteiger partial charge >= 0.3 is 63.7 Å². The van der Waals surface area contributed by atoms with Crippen molar-refractivity contribution in [2.24, 2.45) is 16.5 Å². The van der Waals surface area contributed by atoms with E-state index in [1.807, 2.05) is 34.6 Å². The molecule has 5 N–H and O–H groups in total. The summed E-state index contributed by atoms with van der Waals surface area (Å²) in [7, 11) is 0.750. The number of aromatic nitrogens is 1. The summed E-state index contributed by atoms with van der Waals surface area (Å²) < 4.78 is 57.2. The fraction of sp³-hybridized carbons (Fsp3) is 0.654. The number of alkyl halides is 3. The van der Waals surface area contributed by atoms with E-state index in [1.54, 1.807) is 25.8 Å². The quantitative estimate of drug-likeness (QED) is 0.298. The number of rotatable bonds is 1. The fourth-order valence-electron chi connectivity index (χ4n) is 3.02. The van der Waals surface area contributed by atoms with Crippen LogP contribution in [0, 0.1) is 0 Å². The number of carbonyl (C=O) groups excluding carboxylic acids is 1. The molecule has 3 unspecified atom stereocenters. The number of nitrogens with two attached hydrogens (primary N) is 2. The number of aromatic amines is 1. The number of amides is 1. The number of allylic oxidation sites excluding steroid dienone is 1. The number of nitrogens with one attached hydrogen (secondary N) is 1. The third kappa shape index (κ3) is 20.3. The van der Waals surface area contributed by atoms with Crippen LogP contribution in [0.15, 0.2) is 39.9 Å². The zero-order chi connectivity index (χ0) is 31.7. The first-order chi connectivity index (χ1) is 18.4. The van der Waals surface area contributed by atoms with Crippen LogP contribution in [-0.2, 0) is 25.1 Å². The molecule has 2 saturated heterocycles. The summed E-state index contributed by atoms with van der Waals surface area (Å²) in [6, 6.07) is 2.89. The monoisotopic (exact) mass is 620 g/mol. The van der Waals surface area contributed by atoms with Gasteiger partial charge in [-0.1, -0.05) is 19.9 Å². The molecule has 2 aliphatic heterocycles. The van der Waals surface area contributed by atoms with Crippen LogP contribution in [0.1, 0.15) is 67.5 Å². The Morgan fingerprint density at radius 2 is 1.76 bits per heavy atom. The van der Waals surface area contributed by atoms with E-state index >= 15 is 0 Å². The van der Waals surface area contributed by atoms with Gasteiger partial charge in [0.1, 0.15) is 17.4 Å². The normalized spacial score (nSPS) is 21.0. The molecule has 0 spiro atoms. The zero-order valence-electron chi connectivity index (χ0n) is 25.6. The summed E-state index contributed by atoms with van der Waals surface area (Å²) in [6.07, 6.45) is -1.36. The van der Waals surface area contributed by atoms with Crippen molar-refractivity contribution in [1.29, 1.82) is 0 Å². The summed E-state index contributed by atoms with van der Waals surface area (Å²) in [5.74, 6) is -0.419. The van der Waals surface area contributed by atoms with Crippen LogP contribution in [0.3, 0.4) is 0 Å². The van der Waals surface area contributed by atoms with E-state index in [2.05, 4.69) is 4.99 Å². The van der Waals surface area contributed by atoms with Gasteiger partial charge in [-0.2, -0.15) is 25.3 Å². The maximum atomic E-state index is 11.8. The summed E-state index contributed by atoms with van der Waals surface area (Å²) >= 11 is 0. The maximum absolute atomic E-state index is 11.8. The molecule has 232 valence electrons. The van der Waals surface area contributed by atoms with Gasteiger partial charge in [0.2, 0.25) is 5.56 Å². The SMILES string of the molecule is CC.CC(C)(C)OC(=O)/N=C/C(N)=C\N.CC1OCCC2OC(C)(C)OC12.C[O-].O=c1cccc(C(F)(F)F)[nH]1.[K+]. The van der Waals surface area contributed by atoms with E-state index in [9.17, 15) is 22.8 Å². The molecular formula is C26H44F3KN4O7. The molecule has 3 rings (SSSR count). The number of nitrogens with zero attached hydrogens (tertiary/aromatic N) is 1. The van der Waals surface area contributed by atoms with Crippen molar-refractivity contribution in [2.45, 2.75) is 97.7 Å². The van der Waals surface area contributed by atoms with Crippen molar-refractivity contribution < 1.29 is 93.4 Å². The van der Waals surface area contributed by atoms with Gasteiger partial charge in [-0.3, -0.25) is 4.79 Å². The van der Waals surface area contributed by atoms with E-state index < -0.39 is 34.9 Å². The molecule has 2 fully saturated rings. The van der Waals surface area contributed by atoms with Crippen molar-refractivity contribution in [2.75, 3.05) is 13.7 Å². The number of carbonyl (C=O) groups is 1. The van der Waals surface area contributed by atoms with Gasteiger partial charge in [0.25, 0.3) is 0 Å². The number of H-pyrrole nitrogens is 1. The predicted molar refractivity (Wildman–Crippen MR) is 144 cm³/mol. The topological polar surface area (TPSA) is 174 Å². The molecular weight excluding hydrogens is 576 g/mol. The van der Waals surface area contributed by atoms with E-state index in [-0.39, 0.29) is 75.4 Å². The Morgan fingerprint density at radius 3 is 2.17 bits per heavy atom. The molecule has 0 aliphatic carbocycles. The molecule has 1 aromatic heterocycles. The first-order valence-electron chi connectivity index (χ1n) is 12.5. The second kappa shape index (κ2) is 21.4. The van der Waals surface area contributed by atoms with Crippen LogP contribution < -0.4 is 73.5 Å². The van der Waals surface area contributed by atoms with Gasteiger partial charge in [0, 0.05) is 18.9 Å². The molecule has 2 aliphatic rings. The number of pyridine rings is 1. The third-order valence-corrected chi connectivity index (χ3v) is 4.45. The Morgan fingerprint density at radius 1 is 1.20 bits per heavy atom. The van der Waals surface area contributed by atoms with Gasteiger partial charge < -0.3 is 40.5 Å².